The molecule has 0 bridgehead atoms. The maximum Gasteiger partial charge on any atom is 0.0797 e. The van der Waals surface area contributed by atoms with Crippen LogP contribution in [0.5, 0.6) is 0 Å². The summed E-state index contributed by atoms with van der Waals surface area (Å²) in [5, 5.41) is 42.8. The Morgan fingerprint density at radius 3 is 1.20 bits per heavy atom. The smallest absolute Gasteiger partial charge is 0.0797 e. The number of rotatable bonds is 8. The Balaban J connectivity index is 0.000000307. The summed E-state index contributed by atoms with van der Waals surface area (Å²) >= 11 is 0. The van der Waals surface area contributed by atoms with E-state index in [9.17, 15) is 20.4 Å². The van der Waals surface area contributed by atoms with Gasteiger partial charge in [0.05, 0.1) is 22.4 Å². The molecule has 4 rings (SSSR count). The van der Waals surface area contributed by atoms with Crippen molar-refractivity contribution in [3.05, 3.63) is 25.3 Å². The van der Waals surface area contributed by atoms with E-state index in [-0.39, 0.29) is 44.4 Å². The number of hydrogen-bond donors (Lipinski definition) is 4. The molecule has 10 atom stereocenters. The van der Waals surface area contributed by atoms with Gasteiger partial charge < -0.3 is 20.4 Å². The summed E-state index contributed by atoms with van der Waals surface area (Å²) in [6.45, 7) is 29.6. The van der Waals surface area contributed by atoms with E-state index in [2.05, 4.69) is 54.7 Å². The van der Waals surface area contributed by atoms with Crippen molar-refractivity contribution in [1.29, 1.82) is 0 Å². The molecule has 260 valence electrons. The fourth-order valence-corrected chi connectivity index (χ4v) is 11.6. The molecule has 0 aliphatic heterocycles. The van der Waals surface area contributed by atoms with Crippen LogP contribution in [0, 0.1) is 45.3 Å². The van der Waals surface area contributed by atoms with E-state index in [4.69, 9.17) is 0 Å². The summed E-state index contributed by atoms with van der Waals surface area (Å²) < 4.78 is 0. The van der Waals surface area contributed by atoms with Crippen molar-refractivity contribution < 1.29 is 42.1 Å². The minimum atomic E-state index is -0.830. The molecule has 0 aromatic carbocycles. The first-order valence-corrected chi connectivity index (χ1v) is 18.1. The topological polar surface area (TPSA) is 80.9 Å². The molecule has 4 aliphatic rings. The largest absolute Gasteiger partial charge is 0.390 e. The summed E-state index contributed by atoms with van der Waals surface area (Å²) in [5.41, 5.74) is -1.80. The molecule has 0 radical (unpaired) electrons. The van der Waals surface area contributed by atoms with Gasteiger partial charge in [0.25, 0.3) is 0 Å². The van der Waals surface area contributed by atoms with Gasteiger partial charge in [-0.15, -0.1) is 13.2 Å². The zero-order valence-corrected chi connectivity index (χ0v) is 32.6. The molecule has 4 nitrogen and oxygen atoms in total. The molecule has 4 fully saturated rings. The Bertz CT molecular complexity index is 930. The Kier molecular flexibility index (Phi) is 12.9. The van der Waals surface area contributed by atoms with Crippen molar-refractivity contribution in [2.45, 2.75) is 182 Å². The summed E-state index contributed by atoms with van der Waals surface area (Å²) in [7, 11) is 0. The first-order valence-electron chi connectivity index (χ1n) is 18.1. The minimum absolute atomic E-state index is 0. The maximum absolute atomic E-state index is 11.1. The summed E-state index contributed by atoms with van der Waals surface area (Å²) in [6, 6.07) is 0. The molecule has 4 N–H and O–H groups in total. The second kappa shape index (κ2) is 14.1. The predicted molar refractivity (Wildman–Crippen MR) is 185 cm³/mol. The van der Waals surface area contributed by atoms with Crippen molar-refractivity contribution in [2.24, 2.45) is 45.3 Å². The van der Waals surface area contributed by atoms with Crippen molar-refractivity contribution >= 4 is 0 Å². The zero-order chi connectivity index (χ0) is 33.6. The fraction of sp³-hybridized carbons (Fsp3) is 0.900. The average molecular weight is 665 g/mol. The zero-order valence-electron chi connectivity index (χ0n) is 31.1. The molecular formula is C40H72O4Ti. The molecule has 45 heavy (non-hydrogen) atoms. The molecule has 0 amide bonds. The van der Waals surface area contributed by atoms with Gasteiger partial charge in [0.1, 0.15) is 0 Å². The van der Waals surface area contributed by atoms with E-state index < -0.39 is 22.4 Å². The van der Waals surface area contributed by atoms with Crippen molar-refractivity contribution in [3.63, 3.8) is 0 Å². The van der Waals surface area contributed by atoms with E-state index in [1.165, 1.54) is 38.5 Å². The van der Waals surface area contributed by atoms with Crippen LogP contribution in [-0.4, -0.2) is 42.8 Å². The normalized spacial score (nSPS) is 43.0. The van der Waals surface area contributed by atoms with Crippen LogP contribution < -0.4 is 0 Å². The number of aliphatic hydroxyl groups is 4. The van der Waals surface area contributed by atoms with Crippen molar-refractivity contribution in [1.82, 2.24) is 0 Å². The van der Waals surface area contributed by atoms with E-state index in [0.717, 1.165) is 38.5 Å². The Hall–Kier alpha value is 0.0343. The van der Waals surface area contributed by atoms with Gasteiger partial charge in [0.15, 0.2) is 0 Å². The SMILES string of the molecule is C=C[C@](C)(O)CC[C@@H]1[C@@]2(C)CCCC(C)(C)[C@@H]2CC[C@@]1(C)O.C=C[C@](C)(O)CC[C@@H]1[C@@]2(C)CCCC(C)(C)[C@@H]2CC[C@@]1(C)O.[Ti]. The molecule has 0 unspecified atom stereocenters. The molecule has 0 heterocycles. The second-order valence-corrected chi connectivity index (χ2v) is 18.9. The van der Waals surface area contributed by atoms with Crippen LogP contribution in [0.25, 0.3) is 0 Å². The summed E-state index contributed by atoms with van der Waals surface area (Å²) in [4.78, 5) is 0. The molecule has 5 heteroatoms. The van der Waals surface area contributed by atoms with Crippen LogP contribution in [-0.2, 0) is 21.7 Å². The standard InChI is InChI=1S/2C20H36O2.Ti/c2*1-7-18(4,21)13-9-16-19(5)12-8-11-17(2,3)15(19)10-14-20(16,6)22;/h2*7,15-16,21-22H,1,8-14H2,2-6H3;/t2*15-,16+,18-,19-,20+;/m00./s1. The Morgan fingerprint density at radius 1 is 0.600 bits per heavy atom. The molecule has 4 aliphatic carbocycles. The molecule has 4 saturated carbocycles. The van der Waals surface area contributed by atoms with Gasteiger partial charge >= 0.3 is 0 Å². The van der Waals surface area contributed by atoms with Gasteiger partial charge in [-0.1, -0.05) is 66.5 Å². The molecular weight excluding hydrogens is 592 g/mol. The van der Waals surface area contributed by atoms with Crippen LogP contribution in [0.2, 0.25) is 0 Å². The Labute approximate surface area is 293 Å². The second-order valence-electron chi connectivity index (χ2n) is 18.9. The van der Waals surface area contributed by atoms with E-state index in [0.29, 0.717) is 35.5 Å². The molecule has 0 aromatic rings. The quantitative estimate of drug-likeness (QED) is 0.154. The van der Waals surface area contributed by atoms with Gasteiger partial charge in [-0.25, -0.2) is 0 Å². The molecule has 0 aromatic heterocycles. The van der Waals surface area contributed by atoms with Gasteiger partial charge in [0, 0.05) is 21.7 Å². The van der Waals surface area contributed by atoms with E-state index >= 15 is 0 Å². The third kappa shape index (κ3) is 8.80. The minimum Gasteiger partial charge on any atom is -0.390 e. The molecule has 0 spiro atoms. The first kappa shape index (κ1) is 41.2. The van der Waals surface area contributed by atoms with Crippen LogP contribution in [0.15, 0.2) is 25.3 Å². The van der Waals surface area contributed by atoms with Gasteiger partial charge in [-0.05, 0) is 150 Å². The van der Waals surface area contributed by atoms with Gasteiger partial charge in [-0.3, -0.25) is 0 Å². The van der Waals surface area contributed by atoms with Gasteiger partial charge in [0.2, 0.25) is 0 Å². The molecule has 0 saturated heterocycles. The predicted octanol–water partition coefficient (Wildman–Crippen LogP) is 9.39. The third-order valence-corrected chi connectivity index (χ3v) is 14.3. The van der Waals surface area contributed by atoms with Gasteiger partial charge in [-0.2, -0.15) is 0 Å². The van der Waals surface area contributed by atoms with Crippen molar-refractivity contribution in [2.75, 3.05) is 0 Å². The number of hydrogen-bond acceptors (Lipinski definition) is 4. The average Bonchev–Trinajstić information content (AvgIpc) is 2.86. The van der Waals surface area contributed by atoms with Crippen LogP contribution in [0.1, 0.15) is 159 Å². The number of fused-ring (bicyclic) bond motifs is 2. The first-order chi connectivity index (χ1) is 19.9. The maximum atomic E-state index is 11.1. The summed E-state index contributed by atoms with van der Waals surface area (Å²) in [5.74, 6) is 1.86. The van der Waals surface area contributed by atoms with E-state index in [1.54, 1.807) is 12.2 Å². The van der Waals surface area contributed by atoms with E-state index in [1.807, 2.05) is 27.7 Å². The fourth-order valence-electron chi connectivity index (χ4n) is 11.6. The monoisotopic (exact) mass is 664 g/mol. The van der Waals surface area contributed by atoms with Crippen LogP contribution in [0.4, 0.5) is 0 Å². The van der Waals surface area contributed by atoms with Crippen LogP contribution >= 0.6 is 0 Å². The summed E-state index contributed by atoms with van der Waals surface area (Å²) in [6.07, 6.45) is 17.9. The third-order valence-electron chi connectivity index (χ3n) is 14.3. The Morgan fingerprint density at radius 2 is 0.911 bits per heavy atom. The van der Waals surface area contributed by atoms with Crippen molar-refractivity contribution in [3.8, 4) is 0 Å². The van der Waals surface area contributed by atoms with Crippen LogP contribution in [0.3, 0.4) is 0 Å².